The van der Waals surface area contributed by atoms with E-state index < -0.39 is 72.3 Å². The van der Waals surface area contributed by atoms with Gasteiger partial charge in [0.1, 0.15) is 18.1 Å². The molecule has 0 aliphatic rings. The molecule has 0 aliphatic carbocycles. The van der Waals surface area contributed by atoms with E-state index in [2.05, 4.69) is 21.3 Å². The summed E-state index contributed by atoms with van der Waals surface area (Å²) in [5, 5.41) is 38.4. The van der Waals surface area contributed by atoms with Crippen LogP contribution in [-0.4, -0.2) is 102 Å². The molecule has 0 heterocycles. The van der Waals surface area contributed by atoms with Crippen LogP contribution in [0.1, 0.15) is 27.2 Å². The van der Waals surface area contributed by atoms with Gasteiger partial charge in [0.05, 0.1) is 19.6 Å². The number of carbonyl (C=O) groups is 6. The molecule has 16 heteroatoms. The van der Waals surface area contributed by atoms with Gasteiger partial charge in [-0.2, -0.15) is 0 Å². The summed E-state index contributed by atoms with van der Waals surface area (Å²) in [6, 6.07) is -4.46. The highest BCUT2D eigenvalue weighted by Gasteiger charge is 2.35. The van der Waals surface area contributed by atoms with Crippen LogP contribution in [0.2, 0.25) is 0 Å². The first kappa shape index (κ1) is 29.8. The van der Waals surface area contributed by atoms with Gasteiger partial charge in [0.25, 0.3) is 0 Å². The molecule has 0 aromatic heterocycles. The van der Waals surface area contributed by atoms with Crippen molar-refractivity contribution in [2.75, 3.05) is 13.2 Å². The van der Waals surface area contributed by atoms with E-state index in [1.807, 2.05) is 0 Å². The van der Waals surface area contributed by atoms with Gasteiger partial charge in [-0.05, 0) is 6.92 Å². The third kappa shape index (κ3) is 11.3. The number of amides is 5. The molecule has 0 aliphatic heterocycles. The van der Waals surface area contributed by atoms with Gasteiger partial charge < -0.3 is 47.6 Å². The van der Waals surface area contributed by atoms with Gasteiger partial charge in [0.15, 0.2) is 13.5 Å². The molecule has 0 saturated carbocycles. The smallest absolute Gasteiger partial charge is 0.345 e. The predicted octanol–water partition coefficient (Wildman–Crippen LogP) is -5.66. The van der Waals surface area contributed by atoms with Crippen molar-refractivity contribution in [2.24, 2.45) is 5.73 Å². The Morgan fingerprint density at radius 1 is 0.939 bits per heavy atom. The predicted molar refractivity (Wildman–Crippen MR) is 112 cm³/mol. The third-order valence-corrected chi connectivity index (χ3v) is 3.94. The molecular weight excluding hydrogens is 443 g/mol. The number of rotatable bonds is 14. The molecule has 15 nitrogen and oxygen atoms in total. The number of nitrogens with two attached hydrogens (primary N) is 1. The highest BCUT2D eigenvalue weighted by molar-refractivity contribution is 6.26. The van der Waals surface area contributed by atoms with Crippen molar-refractivity contribution in [3.8, 4) is 0 Å². The second-order valence-corrected chi connectivity index (χ2v) is 7.36. The molecule has 0 aromatic rings. The number of primary amides is 1. The van der Waals surface area contributed by atoms with E-state index in [0.29, 0.717) is 0 Å². The van der Waals surface area contributed by atoms with Crippen LogP contribution >= 0.6 is 0 Å². The van der Waals surface area contributed by atoms with E-state index >= 15 is 0 Å². The zero-order valence-electron chi connectivity index (χ0n) is 18.4. The maximum atomic E-state index is 12.4. The summed E-state index contributed by atoms with van der Waals surface area (Å²) in [5.41, 5.74) is 1.83. The monoisotopic (exact) mass is 472 g/mol. The van der Waals surface area contributed by atoms with E-state index in [1.54, 1.807) is 13.8 Å². The van der Waals surface area contributed by atoms with Crippen molar-refractivity contribution in [2.45, 2.75) is 57.0 Å². The number of hydrogen-bond acceptors (Lipinski definition) is 9. The Hall–Kier alpha value is -3.24. The van der Waals surface area contributed by atoms with Crippen molar-refractivity contribution >= 4 is 43.4 Å². The number of aliphatic hydroxyl groups is 2. The largest absolute Gasteiger partial charge is 0.478 e. The van der Waals surface area contributed by atoms with Gasteiger partial charge >= 0.3 is 5.97 Å². The molecule has 0 rings (SSSR count). The first-order valence-corrected chi connectivity index (χ1v) is 9.70. The fourth-order valence-electron chi connectivity index (χ4n) is 2.15. The number of nitrogens with one attached hydrogen (secondary N) is 5. The summed E-state index contributed by atoms with van der Waals surface area (Å²) in [7, 11) is 4.99. The SMILES string of the molecule is [B]C(O)(NC(=O)[C@H](CC(N)=O)NC(=O)[C@H](C)NC(=O)C(CO)NC(=O)CNC(C)C)C(=O)O. The number of aliphatic hydroxyl groups excluding tert-OH is 1. The van der Waals surface area contributed by atoms with Gasteiger partial charge in [0, 0.05) is 6.04 Å². The molecule has 0 aromatic carbocycles. The van der Waals surface area contributed by atoms with Crippen molar-refractivity contribution in [3.05, 3.63) is 0 Å². The minimum absolute atomic E-state index is 0.00261. The first-order valence-electron chi connectivity index (χ1n) is 9.70. The summed E-state index contributed by atoms with van der Waals surface area (Å²) >= 11 is 0. The van der Waals surface area contributed by atoms with Crippen LogP contribution in [0.3, 0.4) is 0 Å². The molecule has 2 unspecified atom stereocenters. The summed E-state index contributed by atoms with van der Waals surface area (Å²) in [6.07, 6.45) is -0.786. The topological polar surface area (TPSA) is 249 Å². The van der Waals surface area contributed by atoms with Crippen LogP contribution < -0.4 is 32.3 Å². The van der Waals surface area contributed by atoms with E-state index in [1.165, 1.54) is 12.2 Å². The van der Waals surface area contributed by atoms with Gasteiger partial charge in [0.2, 0.25) is 29.5 Å². The molecule has 0 bridgehead atoms. The maximum Gasteiger partial charge on any atom is 0.345 e. The van der Waals surface area contributed by atoms with Crippen LogP contribution in [0.15, 0.2) is 0 Å². The number of carboxylic acid groups (broad SMARTS) is 1. The Balaban J connectivity index is 5.11. The molecule has 0 fully saturated rings. The third-order valence-electron chi connectivity index (χ3n) is 3.94. The molecule has 4 atom stereocenters. The molecule has 5 amide bonds. The summed E-state index contributed by atoms with van der Waals surface area (Å²) in [5.74, 6) is -6.92. The highest BCUT2D eigenvalue weighted by Crippen LogP contribution is 2.00. The van der Waals surface area contributed by atoms with Gasteiger partial charge in [-0.1, -0.05) is 13.8 Å². The minimum atomic E-state index is -3.19. The van der Waals surface area contributed by atoms with Gasteiger partial charge in [-0.25, -0.2) is 4.79 Å². The van der Waals surface area contributed by atoms with E-state index in [9.17, 15) is 39.0 Å². The second kappa shape index (κ2) is 13.3. The number of hydrogen-bond donors (Lipinski definition) is 9. The van der Waals surface area contributed by atoms with E-state index in [0.717, 1.165) is 0 Å². The quantitative estimate of drug-likeness (QED) is 0.0856. The average Bonchev–Trinajstić information content (AvgIpc) is 2.68. The minimum Gasteiger partial charge on any atom is -0.478 e. The van der Waals surface area contributed by atoms with Crippen molar-refractivity contribution in [1.82, 2.24) is 26.6 Å². The summed E-state index contributed by atoms with van der Waals surface area (Å²) in [4.78, 5) is 70.6. The van der Waals surface area contributed by atoms with E-state index in [-0.39, 0.29) is 12.6 Å². The van der Waals surface area contributed by atoms with Crippen LogP contribution in [0.5, 0.6) is 0 Å². The lowest BCUT2D eigenvalue weighted by Crippen LogP contribution is -2.62. The van der Waals surface area contributed by atoms with Crippen LogP contribution in [-0.2, 0) is 28.8 Å². The molecule has 2 radical (unpaired) electrons. The summed E-state index contributed by atoms with van der Waals surface area (Å²) in [6.45, 7) is 3.89. The molecular formula is C17H29BN6O9. The Bertz CT molecular complexity index is 761. The molecule has 184 valence electrons. The van der Waals surface area contributed by atoms with Gasteiger partial charge in [-0.3, -0.25) is 24.0 Å². The van der Waals surface area contributed by atoms with Crippen LogP contribution in [0, 0.1) is 0 Å². The number of carboxylic acids is 1. The fraction of sp³-hybridized carbons (Fsp3) is 0.647. The first-order chi connectivity index (χ1) is 15.1. The molecule has 10 N–H and O–H groups in total. The number of carbonyl (C=O) groups excluding carboxylic acids is 5. The lowest BCUT2D eigenvalue weighted by molar-refractivity contribution is -0.156. The Kier molecular flexibility index (Phi) is 12.0. The second-order valence-electron chi connectivity index (χ2n) is 7.36. The fourth-order valence-corrected chi connectivity index (χ4v) is 2.15. The normalized spacial score (nSPS) is 15.3. The average molecular weight is 472 g/mol. The van der Waals surface area contributed by atoms with E-state index in [4.69, 9.17) is 18.7 Å². The Morgan fingerprint density at radius 3 is 1.97 bits per heavy atom. The van der Waals surface area contributed by atoms with Crippen molar-refractivity contribution in [3.63, 3.8) is 0 Å². The molecule has 0 saturated heterocycles. The van der Waals surface area contributed by atoms with Crippen LogP contribution in [0.25, 0.3) is 0 Å². The Morgan fingerprint density at radius 2 is 1.52 bits per heavy atom. The Labute approximate surface area is 190 Å². The maximum absolute atomic E-state index is 12.4. The van der Waals surface area contributed by atoms with Crippen LogP contribution in [0.4, 0.5) is 0 Å². The highest BCUT2D eigenvalue weighted by atomic mass is 16.4. The lowest BCUT2D eigenvalue weighted by atomic mass is 9.90. The number of aliphatic carboxylic acids is 1. The molecule has 0 spiro atoms. The van der Waals surface area contributed by atoms with Gasteiger partial charge in [-0.15, -0.1) is 0 Å². The standard InChI is InChI=1S/C17H29BN6O9/c1-7(2)20-5-12(27)22-10(6-25)14(29)21-8(3)13(28)23-9(4-11(19)26)15(30)24-17(18,33)16(31)32/h7-10,20,25,33H,4-6H2,1-3H3,(H2,19,26)(H,21,29)(H,22,27)(H,23,28)(H,24,30)(H,31,32)/t8-,9-,10?,17?/m0/s1. The zero-order chi connectivity index (χ0) is 25.9. The lowest BCUT2D eigenvalue weighted by Gasteiger charge is -2.26. The van der Waals surface area contributed by atoms with Crippen molar-refractivity contribution in [1.29, 1.82) is 0 Å². The molecule has 33 heavy (non-hydrogen) atoms. The van der Waals surface area contributed by atoms with Crippen molar-refractivity contribution < 1.29 is 44.1 Å². The summed E-state index contributed by atoms with van der Waals surface area (Å²) < 4.78 is 0. The zero-order valence-corrected chi connectivity index (χ0v) is 18.4.